The fourth-order valence-electron chi connectivity index (χ4n) is 0.824. The molecule has 0 saturated heterocycles. The normalized spacial score (nSPS) is 11.9. The molecule has 0 atom stereocenters. The van der Waals surface area contributed by atoms with Crippen LogP contribution >= 0.6 is 0 Å². The molecule has 0 fully saturated rings. The zero-order chi connectivity index (χ0) is 10.8. The van der Waals surface area contributed by atoms with Gasteiger partial charge >= 0.3 is 0 Å². The molecule has 0 aromatic heterocycles. The van der Waals surface area contributed by atoms with Gasteiger partial charge in [-0.1, -0.05) is 19.0 Å². The average molecular weight is 199 g/mol. The van der Waals surface area contributed by atoms with Gasteiger partial charge in [-0.15, -0.1) is 0 Å². The maximum atomic E-state index is 10.0. The number of oxime groups is 1. The summed E-state index contributed by atoms with van der Waals surface area (Å²) >= 11 is 0. The number of hydrogen-bond donors (Lipinski definition) is 0. The number of aldehydes is 1. The Labute approximate surface area is 86.5 Å². The summed E-state index contributed by atoms with van der Waals surface area (Å²) in [4.78, 5) is 15.1. The zero-order valence-electron chi connectivity index (χ0n) is 9.45. The van der Waals surface area contributed by atoms with Gasteiger partial charge in [0, 0.05) is 6.42 Å². The van der Waals surface area contributed by atoms with Crippen molar-refractivity contribution in [3.8, 4) is 0 Å². The van der Waals surface area contributed by atoms with Gasteiger partial charge in [-0.05, 0) is 32.1 Å². The summed E-state index contributed by atoms with van der Waals surface area (Å²) in [5.41, 5.74) is 1.03. The van der Waals surface area contributed by atoms with E-state index in [1.807, 2.05) is 6.92 Å². The first-order chi connectivity index (χ1) is 6.68. The van der Waals surface area contributed by atoms with E-state index >= 15 is 0 Å². The second-order valence-electron chi connectivity index (χ2n) is 3.74. The molecular formula is C11H21NO2. The van der Waals surface area contributed by atoms with E-state index in [2.05, 4.69) is 19.0 Å². The quantitative estimate of drug-likeness (QED) is 0.261. The van der Waals surface area contributed by atoms with E-state index in [1.54, 1.807) is 0 Å². The maximum Gasteiger partial charge on any atom is 0.119 e. The van der Waals surface area contributed by atoms with Gasteiger partial charge in [-0.25, -0.2) is 0 Å². The monoisotopic (exact) mass is 199 g/mol. The van der Waals surface area contributed by atoms with E-state index < -0.39 is 0 Å². The van der Waals surface area contributed by atoms with Crippen LogP contribution in [0.25, 0.3) is 0 Å². The van der Waals surface area contributed by atoms with E-state index in [1.165, 1.54) is 0 Å². The van der Waals surface area contributed by atoms with Crippen molar-refractivity contribution >= 4 is 12.0 Å². The Morgan fingerprint density at radius 2 is 2.07 bits per heavy atom. The van der Waals surface area contributed by atoms with E-state index in [0.717, 1.165) is 31.3 Å². The topological polar surface area (TPSA) is 38.7 Å². The van der Waals surface area contributed by atoms with Crippen LogP contribution in [0.5, 0.6) is 0 Å². The molecule has 82 valence electrons. The lowest BCUT2D eigenvalue weighted by atomic mass is 10.1. The van der Waals surface area contributed by atoms with Crippen molar-refractivity contribution in [3.63, 3.8) is 0 Å². The summed E-state index contributed by atoms with van der Waals surface area (Å²) in [5.74, 6) is 0.449. The van der Waals surface area contributed by atoms with Crippen molar-refractivity contribution in [3.05, 3.63) is 0 Å². The first kappa shape index (κ1) is 13.1. The van der Waals surface area contributed by atoms with Crippen LogP contribution in [0.2, 0.25) is 0 Å². The summed E-state index contributed by atoms with van der Waals surface area (Å²) in [7, 11) is 0. The Bertz CT molecular complexity index is 176. The number of carbonyl (C=O) groups is 1. The van der Waals surface area contributed by atoms with Crippen molar-refractivity contribution < 1.29 is 9.63 Å². The smallest absolute Gasteiger partial charge is 0.119 e. The van der Waals surface area contributed by atoms with Crippen molar-refractivity contribution in [1.82, 2.24) is 0 Å². The second-order valence-corrected chi connectivity index (χ2v) is 3.74. The van der Waals surface area contributed by atoms with Crippen molar-refractivity contribution in [2.45, 2.75) is 46.5 Å². The highest BCUT2D eigenvalue weighted by molar-refractivity contribution is 5.83. The zero-order valence-corrected chi connectivity index (χ0v) is 9.45. The summed E-state index contributed by atoms with van der Waals surface area (Å²) in [5, 5.41) is 3.99. The minimum absolute atomic E-state index is 0.449. The highest BCUT2D eigenvalue weighted by Gasteiger charge is 1.97. The Hall–Kier alpha value is -0.860. The van der Waals surface area contributed by atoms with Crippen LogP contribution < -0.4 is 0 Å². The van der Waals surface area contributed by atoms with Gasteiger partial charge in [0.2, 0.25) is 0 Å². The SMILES string of the molecule is C/C(=N\OCCCCCC=O)C(C)C. The lowest BCUT2D eigenvalue weighted by Crippen LogP contribution is -2.03. The predicted octanol–water partition coefficient (Wildman–Crippen LogP) is 2.79. The summed E-state index contributed by atoms with van der Waals surface area (Å²) in [6.45, 7) is 6.80. The van der Waals surface area contributed by atoms with E-state index in [4.69, 9.17) is 4.84 Å². The van der Waals surface area contributed by atoms with Gasteiger partial charge in [0.25, 0.3) is 0 Å². The molecule has 0 unspecified atom stereocenters. The molecule has 0 N–H and O–H groups in total. The summed E-state index contributed by atoms with van der Waals surface area (Å²) in [6, 6.07) is 0. The number of hydrogen-bond acceptors (Lipinski definition) is 3. The lowest BCUT2D eigenvalue weighted by molar-refractivity contribution is -0.107. The molecule has 0 spiro atoms. The Morgan fingerprint density at radius 3 is 2.64 bits per heavy atom. The standard InChI is InChI=1S/C11H21NO2/c1-10(2)11(3)12-14-9-7-5-4-6-8-13/h8,10H,4-7,9H2,1-3H3/b12-11+. The average Bonchev–Trinajstić information content (AvgIpc) is 2.16. The van der Waals surface area contributed by atoms with Gasteiger partial charge in [0.15, 0.2) is 0 Å². The highest BCUT2D eigenvalue weighted by Crippen LogP contribution is 2.00. The first-order valence-electron chi connectivity index (χ1n) is 5.28. The summed E-state index contributed by atoms with van der Waals surface area (Å²) in [6.07, 6.45) is 4.59. The number of unbranched alkanes of at least 4 members (excludes halogenated alkanes) is 3. The molecule has 0 aliphatic heterocycles. The van der Waals surface area contributed by atoms with Gasteiger partial charge in [0.1, 0.15) is 12.9 Å². The molecule has 0 aliphatic carbocycles. The van der Waals surface area contributed by atoms with Crippen LogP contribution in [0.3, 0.4) is 0 Å². The fraction of sp³-hybridized carbons (Fsp3) is 0.818. The third-order valence-corrected chi connectivity index (χ3v) is 2.10. The number of carbonyl (C=O) groups excluding carboxylic acids is 1. The van der Waals surface area contributed by atoms with Gasteiger partial charge in [0.05, 0.1) is 5.71 Å². The Morgan fingerprint density at radius 1 is 1.36 bits per heavy atom. The molecule has 0 amide bonds. The molecule has 0 radical (unpaired) electrons. The molecule has 0 bridgehead atoms. The Kier molecular flexibility index (Phi) is 8.19. The Balaban J connectivity index is 3.28. The number of rotatable bonds is 8. The molecule has 0 heterocycles. The minimum atomic E-state index is 0.449. The van der Waals surface area contributed by atoms with E-state index in [9.17, 15) is 4.79 Å². The molecule has 3 nitrogen and oxygen atoms in total. The second kappa shape index (κ2) is 8.73. The van der Waals surface area contributed by atoms with Crippen molar-refractivity contribution in [2.24, 2.45) is 11.1 Å². The van der Waals surface area contributed by atoms with Crippen LogP contribution in [0.15, 0.2) is 5.16 Å². The molecule has 0 saturated carbocycles. The third-order valence-electron chi connectivity index (χ3n) is 2.10. The van der Waals surface area contributed by atoms with E-state index in [0.29, 0.717) is 18.9 Å². The van der Waals surface area contributed by atoms with Gasteiger partial charge in [-0.3, -0.25) is 0 Å². The molecular weight excluding hydrogens is 178 g/mol. The molecule has 0 aromatic carbocycles. The highest BCUT2D eigenvalue weighted by atomic mass is 16.6. The molecule has 0 aromatic rings. The minimum Gasteiger partial charge on any atom is -0.396 e. The van der Waals surface area contributed by atoms with E-state index in [-0.39, 0.29) is 0 Å². The van der Waals surface area contributed by atoms with Gasteiger partial charge < -0.3 is 9.63 Å². The third kappa shape index (κ3) is 7.77. The predicted molar refractivity (Wildman–Crippen MR) is 58.4 cm³/mol. The maximum absolute atomic E-state index is 10.0. The molecule has 3 heteroatoms. The molecule has 0 aliphatic rings. The summed E-state index contributed by atoms with van der Waals surface area (Å²) < 4.78 is 0. The molecule has 14 heavy (non-hydrogen) atoms. The van der Waals surface area contributed by atoms with Crippen LogP contribution in [0.4, 0.5) is 0 Å². The largest absolute Gasteiger partial charge is 0.396 e. The lowest BCUT2D eigenvalue weighted by Gasteiger charge is -2.04. The number of nitrogens with zero attached hydrogens (tertiary/aromatic N) is 1. The first-order valence-corrected chi connectivity index (χ1v) is 5.28. The van der Waals surface area contributed by atoms with Crippen LogP contribution in [0.1, 0.15) is 46.5 Å². The van der Waals surface area contributed by atoms with Crippen LogP contribution in [-0.4, -0.2) is 18.6 Å². The van der Waals surface area contributed by atoms with Crippen LogP contribution in [-0.2, 0) is 9.63 Å². The molecule has 0 rings (SSSR count). The van der Waals surface area contributed by atoms with Crippen molar-refractivity contribution in [1.29, 1.82) is 0 Å². The van der Waals surface area contributed by atoms with Gasteiger partial charge in [-0.2, -0.15) is 0 Å². The van der Waals surface area contributed by atoms with Crippen LogP contribution in [0, 0.1) is 5.92 Å². The fourth-order valence-corrected chi connectivity index (χ4v) is 0.824. The van der Waals surface area contributed by atoms with Crippen molar-refractivity contribution in [2.75, 3.05) is 6.61 Å².